The number of fused-ring (bicyclic) bond motifs is 2. The van der Waals surface area contributed by atoms with Crippen molar-refractivity contribution in [3.8, 4) is 0 Å². The Labute approximate surface area is 169 Å². The maximum absolute atomic E-state index is 13.3. The second kappa shape index (κ2) is 7.24. The lowest BCUT2D eigenvalue weighted by Gasteiger charge is -2.26. The van der Waals surface area contributed by atoms with E-state index in [1.807, 2.05) is 52.1 Å². The van der Waals surface area contributed by atoms with E-state index >= 15 is 0 Å². The topological polar surface area (TPSA) is 58.1 Å². The van der Waals surface area contributed by atoms with E-state index in [9.17, 15) is 9.59 Å². The second-order valence-electron chi connectivity index (χ2n) is 7.79. The number of rotatable bonds is 4. The summed E-state index contributed by atoms with van der Waals surface area (Å²) in [6, 6.07) is 19.7. The predicted octanol–water partition coefficient (Wildman–Crippen LogP) is 4.90. The van der Waals surface area contributed by atoms with Crippen molar-refractivity contribution in [1.29, 1.82) is 0 Å². The van der Waals surface area contributed by atoms with Crippen LogP contribution in [0.15, 0.2) is 65.5 Å². The van der Waals surface area contributed by atoms with Gasteiger partial charge >= 0.3 is 5.69 Å². The number of aromatic amines is 1. The van der Waals surface area contributed by atoms with E-state index in [0.29, 0.717) is 5.56 Å². The van der Waals surface area contributed by atoms with Gasteiger partial charge in [-0.15, -0.1) is 0 Å². The first-order valence-corrected chi connectivity index (χ1v) is 9.87. The van der Waals surface area contributed by atoms with Crippen molar-refractivity contribution in [3.63, 3.8) is 0 Å². The number of amides is 1. The minimum Gasteiger partial charge on any atom is -0.335 e. The van der Waals surface area contributed by atoms with Crippen LogP contribution in [-0.4, -0.2) is 27.4 Å². The smallest absolute Gasteiger partial charge is 0.326 e. The maximum atomic E-state index is 13.3. The number of nitrogens with zero attached hydrogens (tertiary/aromatic N) is 2. The van der Waals surface area contributed by atoms with Crippen molar-refractivity contribution in [2.75, 3.05) is 7.05 Å². The third kappa shape index (κ3) is 3.23. The molecule has 0 saturated heterocycles. The molecule has 4 aromatic rings. The molecule has 0 radical (unpaired) electrons. The normalized spacial score (nSPS) is 12.6. The van der Waals surface area contributed by atoms with Crippen LogP contribution in [0.2, 0.25) is 0 Å². The van der Waals surface area contributed by atoms with Crippen molar-refractivity contribution in [3.05, 3.63) is 82.3 Å². The van der Waals surface area contributed by atoms with Gasteiger partial charge in [-0.3, -0.25) is 9.36 Å². The SMILES string of the molecule is CC(c1cccc2ccccc12)N(C)C(=O)c1ccc2[nH]c(=O)n(C(C)C)c2c1. The summed E-state index contributed by atoms with van der Waals surface area (Å²) < 4.78 is 1.68. The minimum atomic E-state index is -0.155. The molecule has 1 amide bonds. The first-order valence-electron chi connectivity index (χ1n) is 9.87. The molecule has 0 saturated carbocycles. The van der Waals surface area contributed by atoms with Gasteiger partial charge in [0.15, 0.2) is 0 Å². The Bertz CT molecular complexity index is 1260. The Kier molecular flexibility index (Phi) is 4.74. The van der Waals surface area contributed by atoms with Gasteiger partial charge in [-0.1, -0.05) is 42.5 Å². The molecule has 0 spiro atoms. The van der Waals surface area contributed by atoms with E-state index < -0.39 is 0 Å². The first kappa shape index (κ1) is 19.0. The van der Waals surface area contributed by atoms with Gasteiger partial charge in [-0.2, -0.15) is 0 Å². The highest BCUT2D eigenvalue weighted by Crippen LogP contribution is 2.28. The molecular formula is C24H25N3O2. The van der Waals surface area contributed by atoms with Crippen molar-refractivity contribution >= 4 is 27.7 Å². The van der Waals surface area contributed by atoms with E-state index in [1.54, 1.807) is 21.6 Å². The number of hydrogen-bond donors (Lipinski definition) is 1. The number of carbonyl (C=O) groups excluding carboxylic acids is 1. The largest absolute Gasteiger partial charge is 0.335 e. The Hall–Kier alpha value is -3.34. The van der Waals surface area contributed by atoms with E-state index in [4.69, 9.17) is 0 Å². The Morgan fingerprint density at radius 3 is 2.48 bits per heavy atom. The van der Waals surface area contributed by atoms with Crippen LogP contribution in [0.1, 0.15) is 48.8 Å². The molecule has 1 unspecified atom stereocenters. The average Bonchev–Trinajstić information content (AvgIpc) is 3.06. The highest BCUT2D eigenvalue weighted by molar-refractivity contribution is 5.98. The number of hydrogen-bond acceptors (Lipinski definition) is 2. The van der Waals surface area contributed by atoms with Crippen LogP contribution >= 0.6 is 0 Å². The number of H-pyrrole nitrogens is 1. The molecule has 29 heavy (non-hydrogen) atoms. The summed E-state index contributed by atoms with van der Waals surface area (Å²) in [5.41, 5.74) is 3.02. The summed E-state index contributed by atoms with van der Waals surface area (Å²) in [7, 11) is 1.83. The fourth-order valence-electron chi connectivity index (χ4n) is 3.97. The van der Waals surface area contributed by atoms with Crippen molar-refractivity contribution in [2.24, 2.45) is 0 Å². The van der Waals surface area contributed by atoms with Crippen molar-refractivity contribution < 1.29 is 4.79 Å². The van der Waals surface area contributed by atoms with Crippen molar-refractivity contribution in [2.45, 2.75) is 32.9 Å². The zero-order chi connectivity index (χ0) is 20.7. The molecule has 0 bridgehead atoms. The molecule has 0 aliphatic heterocycles. The van der Waals surface area contributed by atoms with Crippen LogP contribution in [0.5, 0.6) is 0 Å². The zero-order valence-electron chi connectivity index (χ0n) is 17.1. The molecular weight excluding hydrogens is 362 g/mol. The van der Waals surface area contributed by atoms with E-state index in [2.05, 4.69) is 29.2 Å². The van der Waals surface area contributed by atoms with E-state index in [0.717, 1.165) is 27.4 Å². The van der Waals surface area contributed by atoms with Crippen LogP contribution < -0.4 is 5.69 Å². The number of imidazole rings is 1. The highest BCUT2D eigenvalue weighted by Gasteiger charge is 2.21. The standard InChI is InChI=1S/C24H25N3O2/c1-15(2)27-22-14-18(12-13-21(22)25-24(27)29)23(28)26(4)16(3)19-11-7-9-17-8-5-6-10-20(17)19/h5-16H,1-4H3,(H,25,29). The lowest BCUT2D eigenvalue weighted by Crippen LogP contribution is -2.29. The first-order chi connectivity index (χ1) is 13.9. The average molecular weight is 387 g/mol. The molecule has 0 fully saturated rings. The minimum absolute atomic E-state index is 0.00828. The molecule has 0 aliphatic rings. The van der Waals surface area contributed by atoms with Crippen LogP contribution in [0.3, 0.4) is 0 Å². The van der Waals surface area contributed by atoms with Gasteiger partial charge < -0.3 is 9.88 Å². The summed E-state index contributed by atoms with van der Waals surface area (Å²) >= 11 is 0. The summed E-state index contributed by atoms with van der Waals surface area (Å²) in [5, 5.41) is 2.31. The molecule has 5 heteroatoms. The van der Waals surface area contributed by atoms with Gasteiger partial charge in [-0.05, 0) is 55.3 Å². The number of carbonyl (C=O) groups is 1. The van der Waals surface area contributed by atoms with Gasteiger partial charge in [0.1, 0.15) is 0 Å². The lowest BCUT2D eigenvalue weighted by atomic mass is 9.98. The van der Waals surface area contributed by atoms with Gasteiger partial charge in [-0.25, -0.2) is 4.79 Å². The Morgan fingerprint density at radius 1 is 1.00 bits per heavy atom. The summed E-state index contributed by atoms with van der Waals surface area (Å²) in [4.78, 5) is 30.1. The van der Waals surface area contributed by atoms with Gasteiger partial charge in [0.25, 0.3) is 5.91 Å². The quantitative estimate of drug-likeness (QED) is 0.542. The monoisotopic (exact) mass is 387 g/mol. The zero-order valence-corrected chi connectivity index (χ0v) is 17.1. The predicted molar refractivity (Wildman–Crippen MR) is 117 cm³/mol. The Morgan fingerprint density at radius 2 is 1.72 bits per heavy atom. The summed E-state index contributed by atoms with van der Waals surface area (Å²) in [6.07, 6.45) is 0. The summed E-state index contributed by atoms with van der Waals surface area (Å²) in [5.74, 6) is -0.0729. The molecule has 148 valence electrons. The lowest BCUT2D eigenvalue weighted by molar-refractivity contribution is 0.0743. The number of benzene rings is 3. The van der Waals surface area contributed by atoms with Gasteiger partial charge in [0.2, 0.25) is 0 Å². The van der Waals surface area contributed by atoms with Crippen molar-refractivity contribution in [1.82, 2.24) is 14.5 Å². The molecule has 0 aliphatic carbocycles. The molecule has 5 nitrogen and oxygen atoms in total. The fourth-order valence-corrected chi connectivity index (χ4v) is 3.97. The summed E-state index contributed by atoms with van der Waals surface area (Å²) in [6.45, 7) is 5.95. The van der Waals surface area contributed by atoms with E-state index in [1.165, 1.54) is 0 Å². The molecule has 1 heterocycles. The Balaban J connectivity index is 1.72. The third-order valence-electron chi connectivity index (χ3n) is 5.66. The van der Waals surface area contributed by atoms with Crippen LogP contribution in [0, 0.1) is 0 Å². The fraction of sp³-hybridized carbons (Fsp3) is 0.250. The molecule has 4 rings (SSSR count). The maximum Gasteiger partial charge on any atom is 0.326 e. The third-order valence-corrected chi connectivity index (χ3v) is 5.66. The van der Waals surface area contributed by atoms with Crippen LogP contribution in [0.4, 0.5) is 0 Å². The molecule has 3 aromatic carbocycles. The molecule has 1 N–H and O–H groups in total. The number of nitrogens with one attached hydrogen (secondary N) is 1. The van der Waals surface area contributed by atoms with E-state index in [-0.39, 0.29) is 23.7 Å². The second-order valence-corrected chi connectivity index (χ2v) is 7.79. The molecule has 1 aromatic heterocycles. The van der Waals surface area contributed by atoms with Gasteiger partial charge in [0, 0.05) is 18.7 Å². The van der Waals surface area contributed by atoms with Gasteiger partial charge in [0.05, 0.1) is 17.1 Å². The highest BCUT2D eigenvalue weighted by atomic mass is 16.2. The van der Waals surface area contributed by atoms with Crippen LogP contribution in [0.25, 0.3) is 21.8 Å². The molecule has 1 atom stereocenters. The number of aromatic nitrogens is 2. The van der Waals surface area contributed by atoms with Crippen LogP contribution in [-0.2, 0) is 0 Å².